The molecule has 3 aromatic rings. The first-order valence-corrected chi connectivity index (χ1v) is 9.98. The fraction of sp³-hybridized carbons (Fsp3) is 0.273. The van der Waals surface area contributed by atoms with Gasteiger partial charge in [0.25, 0.3) is 5.56 Å². The van der Waals surface area contributed by atoms with Crippen LogP contribution in [-0.2, 0) is 11.8 Å². The monoisotopic (exact) mass is 442 g/mol. The third-order valence-corrected chi connectivity index (χ3v) is 5.08. The maximum absolute atomic E-state index is 12.9. The number of nitrogens with zero attached hydrogens (tertiary/aromatic N) is 4. The van der Waals surface area contributed by atoms with Crippen LogP contribution in [0.5, 0.6) is 5.75 Å². The summed E-state index contributed by atoms with van der Waals surface area (Å²) in [7, 11) is 4.62. The van der Waals surface area contributed by atoms with Gasteiger partial charge >= 0.3 is 5.97 Å². The lowest BCUT2D eigenvalue weighted by Crippen LogP contribution is -2.35. The molecule has 1 aromatic carbocycles. The summed E-state index contributed by atoms with van der Waals surface area (Å²) in [5.41, 5.74) is 0.767. The second kappa shape index (κ2) is 9.61. The molecular weight excluding hydrogens is 420 g/mol. The molecule has 9 heteroatoms. The summed E-state index contributed by atoms with van der Waals surface area (Å²) < 4.78 is 11.5. The summed E-state index contributed by atoms with van der Waals surface area (Å²) in [6.45, 7) is 1.81. The van der Waals surface area contributed by atoms with E-state index in [-0.39, 0.29) is 24.0 Å². The highest BCUT2D eigenvalue weighted by Gasteiger charge is 2.29. The highest BCUT2D eigenvalue weighted by atomic mass is 35.5. The molecule has 0 saturated heterocycles. The minimum atomic E-state index is -0.737. The predicted molar refractivity (Wildman–Crippen MR) is 118 cm³/mol. The number of hydrogen-bond donors (Lipinski definition) is 0. The van der Waals surface area contributed by atoms with Gasteiger partial charge in [0.2, 0.25) is 11.7 Å². The fourth-order valence-electron chi connectivity index (χ4n) is 3.32. The Labute approximate surface area is 185 Å². The molecule has 0 saturated carbocycles. The minimum Gasteiger partial charge on any atom is -0.489 e. The number of carbonyl (C=O) groups excluding carboxylic acids is 1. The lowest BCUT2D eigenvalue weighted by Gasteiger charge is -2.31. The zero-order valence-electron chi connectivity index (χ0n) is 17.7. The molecule has 2 aromatic heterocycles. The van der Waals surface area contributed by atoms with Crippen LogP contribution in [0.2, 0.25) is 5.02 Å². The molecule has 0 amide bonds. The number of halogens is 1. The summed E-state index contributed by atoms with van der Waals surface area (Å²) in [6, 6.07) is 12.6. The second-order valence-corrected chi connectivity index (χ2v) is 7.08. The Balaban J connectivity index is 2.23. The van der Waals surface area contributed by atoms with Crippen LogP contribution in [0.4, 0.5) is 5.95 Å². The van der Waals surface area contributed by atoms with Gasteiger partial charge in [-0.1, -0.05) is 41.9 Å². The van der Waals surface area contributed by atoms with Gasteiger partial charge in [0.05, 0.1) is 24.4 Å². The SMILES string of the molecule is CCOC(=O)c1nc(N(C)C(c2ccccc2)c2ncccc2Cl)n(C)c(=O)c1OC. The van der Waals surface area contributed by atoms with Gasteiger partial charge in [-0.3, -0.25) is 14.3 Å². The third kappa shape index (κ3) is 4.39. The predicted octanol–water partition coefficient (Wildman–Crippen LogP) is 3.24. The molecule has 8 nitrogen and oxygen atoms in total. The molecule has 0 aliphatic rings. The first-order chi connectivity index (χ1) is 14.9. The van der Waals surface area contributed by atoms with Gasteiger partial charge in [-0.05, 0) is 24.6 Å². The normalized spacial score (nSPS) is 11.6. The van der Waals surface area contributed by atoms with Gasteiger partial charge in [0, 0.05) is 20.3 Å². The lowest BCUT2D eigenvalue weighted by atomic mass is 10.0. The number of rotatable bonds is 7. The van der Waals surface area contributed by atoms with E-state index in [4.69, 9.17) is 21.1 Å². The molecule has 1 unspecified atom stereocenters. The summed E-state index contributed by atoms with van der Waals surface area (Å²) in [5, 5.41) is 0.465. The van der Waals surface area contributed by atoms with E-state index >= 15 is 0 Å². The quantitative estimate of drug-likeness (QED) is 0.519. The van der Waals surface area contributed by atoms with Crippen LogP contribution >= 0.6 is 11.6 Å². The molecule has 0 aliphatic carbocycles. The number of aromatic nitrogens is 3. The maximum atomic E-state index is 12.9. The van der Waals surface area contributed by atoms with Gasteiger partial charge < -0.3 is 14.4 Å². The van der Waals surface area contributed by atoms with Crippen molar-refractivity contribution in [2.24, 2.45) is 7.05 Å². The Bertz CT molecular complexity index is 1130. The Morgan fingerprint density at radius 3 is 2.55 bits per heavy atom. The van der Waals surface area contributed by atoms with Gasteiger partial charge in [-0.25, -0.2) is 9.78 Å². The average Bonchev–Trinajstić information content (AvgIpc) is 2.77. The van der Waals surface area contributed by atoms with Gasteiger partial charge in [0.15, 0.2) is 5.69 Å². The molecule has 162 valence electrons. The van der Waals surface area contributed by atoms with Crippen LogP contribution in [0.15, 0.2) is 53.5 Å². The van der Waals surface area contributed by atoms with Crippen LogP contribution < -0.4 is 15.2 Å². The van der Waals surface area contributed by atoms with Crippen LogP contribution in [0.25, 0.3) is 0 Å². The Morgan fingerprint density at radius 1 is 1.23 bits per heavy atom. The average molecular weight is 443 g/mol. The van der Waals surface area contributed by atoms with E-state index in [0.717, 1.165) is 5.56 Å². The third-order valence-electron chi connectivity index (χ3n) is 4.76. The first-order valence-electron chi connectivity index (χ1n) is 9.61. The van der Waals surface area contributed by atoms with E-state index in [1.165, 1.54) is 11.7 Å². The van der Waals surface area contributed by atoms with Crippen molar-refractivity contribution in [3.63, 3.8) is 0 Å². The molecule has 0 spiro atoms. The number of ether oxygens (including phenoxy) is 2. The molecule has 3 rings (SSSR count). The summed E-state index contributed by atoms with van der Waals surface area (Å²) in [6.07, 6.45) is 1.65. The number of methoxy groups -OCH3 is 1. The van der Waals surface area contributed by atoms with Crippen molar-refractivity contribution in [3.8, 4) is 5.75 Å². The number of pyridine rings is 1. The fourth-order valence-corrected chi connectivity index (χ4v) is 3.55. The van der Waals surface area contributed by atoms with E-state index in [0.29, 0.717) is 10.7 Å². The zero-order chi connectivity index (χ0) is 22.5. The van der Waals surface area contributed by atoms with Gasteiger partial charge in [0.1, 0.15) is 6.04 Å². The number of esters is 1. The second-order valence-electron chi connectivity index (χ2n) is 6.67. The van der Waals surface area contributed by atoms with E-state index in [9.17, 15) is 9.59 Å². The Kier molecular flexibility index (Phi) is 6.91. The highest BCUT2D eigenvalue weighted by Crippen LogP contribution is 2.33. The van der Waals surface area contributed by atoms with Crippen molar-refractivity contribution in [1.82, 2.24) is 14.5 Å². The molecule has 0 fully saturated rings. The van der Waals surface area contributed by atoms with Crippen LogP contribution in [0.3, 0.4) is 0 Å². The Hall–Kier alpha value is -3.39. The van der Waals surface area contributed by atoms with Crippen molar-refractivity contribution in [2.75, 3.05) is 25.7 Å². The van der Waals surface area contributed by atoms with Crippen LogP contribution in [-0.4, -0.2) is 41.3 Å². The van der Waals surface area contributed by atoms with Gasteiger partial charge in [-0.15, -0.1) is 0 Å². The number of benzene rings is 1. The lowest BCUT2D eigenvalue weighted by molar-refractivity contribution is 0.0514. The van der Waals surface area contributed by atoms with E-state index < -0.39 is 17.6 Å². The van der Waals surface area contributed by atoms with Crippen molar-refractivity contribution in [2.45, 2.75) is 13.0 Å². The highest BCUT2D eigenvalue weighted by molar-refractivity contribution is 6.31. The van der Waals surface area contributed by atoms with Crippen molar-refractivity contribution in [3.05, 3.63) is 81.0 Å². The molecule has 0 radical (unpaired) electrons. The smallest absolute Gasteiger partial charge is 0.361 e. The molecule has 1 atom stereocenters. The number of anilines is 1. The number of hydrogen-bond acceptors (Lipinski definition) is 7. The summed E-state index contributed by atoms with van der Waals surface area (Å²) in [5.74, 6) is -0.687. The summed E-state index contributed by atoms with van der Waals surface area (Å²) in [4.78, 5) is 36.1. The Morgan fingerprint density at radius 2 is 1.94 bits per heavy atom. The van der Waals surface area contributed by atoms with Gasteiger partial charge in [-0.2, -0.15) is 0 Å². The molecule has 2 heterocycles. The van der Waals surface area contributed by atoms with E-state index in [1.54, 1.807) is 44.2 Å². The number of carbonyl (C=O) groups is 1. The van der Waals surface area contributed by atoms with E-state index in [1.807, 2.05) is 30.3 Å². The molecular formula is C22H23ClN4O4. The van der Waals surface area contributed by atoms with Crippen molar-refractivity contribution >= 4 is 23.5 Å². The summed E-state index contributed by atoms with van der Waals surface area (Å²) >= 11 is 6.47. The van der Waals surface area contributed by atoms with Crippen LogP contribution in [0.1, 0.15) is 34.7 Å². The topological polar surface area (TPSA) is 86.5 Å². The van der Waals surface area contributed by atoms with Crippen molar-refractivity contribution < 1.29 is 14.3 Å². The van der Waals surface area contributed by atoms with Crippen molar-refractivity contribution in [1.29, 1.82) is 0 Å². The molecule has 0 aliphatic heterocycles. The molecule has 0 bridgehead atoms. The molecule has 0 N–H and O–H groups in total. The first kappa shape index (κ1) is 22.3. The standard InChI is InChI=1S/C22H23ClN4O4/c1-5-31-21(29)17-19(30-4)20(28)27(3)22(25-17)26(2)18(14-10-7-6-8-11-14)16-15(23)12-9-13-24-16/h6-13,18H,5H2,1-4H3. The minimum absolute atomic E-state index is 0.139. The van der Waals surface area contributed by atoms with E-state index in [2.05, 4.69) is 9.97 Å². The maximum Gasteiger partial charge on any atom is 0.361 e. The zero-order valence-corrected chi connectivity index (χ0v) is 18.5. The van der Waals surface area contributed by atoms with Crippen LogP contribution in [0, 0.1) is 0 Å². The largest absolute Gasteiger partial charge is 0.489 e. The molecule has 31 heavy (non-hydrogen) atoms.